The SMILES string of the molecule is CCC1=CCCC(C)=C(CCOc2ccc(Cc3sc(=O)n(C(C)=O)c3O)cc2)C=C1. The van der Waals surface area contributed by atoms with E-state index in [-0.39, 0.29) is 5.88 Å². The fourth-order valence-corrected chi connectivity index (χ4v) is 4.52. The molecule has 0 saturated carbocycles. The summed E-state index contributed by atoms with van der Waals surface area (Å²) in [7, 11) is 0. The fourth-order valence-electron chi connectivity index (χ4n) is 3.58. The Hall–Kier alpha value is -2.86. The second-order valence-electron chi connectivity index (χ2n) is 7.70. The lowest BCUT2D eigenvalue weighted by Crippen LogP contribution is -2.17. The molecule has 1 aliphatic carbocycles. The molecule has 1 N–H and O–H groups in total. The van der Waals surface area contributed by atoms with Gasteiger partial charge in [0.25, 0.3) is 0 Å². The van der Waals surface area contributed by atoms with Gasteiger partial charge in [-0.2, -0.15) is 0 Å². The quantitative estimate of drug-likeness (QED) is 0.606. The molecule has 3 rings (SSSR count). The average Bonchev–Trinajstić information content (AvgIpc) is 3.01. The second-order valence-corrected chi connectivity index (χ2v) is 8.74. The number of aromatic hydroxyl groups is 1. The van der Waals surface area contributed by atoms with Crippen LogP contribution < -0.4 is 9.61 Å². The molecule has 0 atom stereocenters. The molecule has 164 valence electrons. The number of allylic oxidation sites excluding steroid dienone is 5. The number of nitrogens with zero attached hydrogens (tertiary/aromatic N) is 1. The zero-order valence-corrected chi connectivity index (χ0v) is 19.1. The van der Waals surface area contributed by atoms with Crippen molar-refractivity contribution in [2.75, 3.05) is 6.61 Å². The number of benzene rings is 1. The van der Waals surface area contributed by atoms with Gasteiger partial charge in [0, 0.05) is 19.8 Å². The summed E-state index contributed by atoms with van der Waals surface area (Å²) in [6.07, 6.45) is 11.2. The highest BCUT2D eigenvalue weighted by atomic mass is 32.1. The molecule has 0 amide bonds. The van der Waals surface area contributed by atoms with E-state index in [2.05, 4.69) is 32.1 Å². The van der Waals surface area contributed by atoms with Gasteiger partial charge in [0.2, 0.25) is 11.8 Å². The lowest BCUT2D eigenvalue weighted by Gasteiger charge is -2.13. The molecule has 1 aromatic carbocycles. The third-order valence-electron chi connectivity index (χ3n) is 5.48. The number of carbonyl (C=O) groups is 1. The summed E-state index contributed by atoms with van der Waals surface area (Å²) >= 11 is 0.893. The Bertz CT molecular complexity index is 1080. The van der Waals surface area contributed by atoms with Gasteiger partial charge in [-0.15, -0.1) is 0 Å². The van der Waals surface area contributed by atoms with Crippen molar-refractivity contribution in [2.24, 2.45) is 0 Å². The van der Waals surface area contributed by atoms with E-state index >= 15 is 0 Å². The predicted molar refractivity (Wildman–Crippen MR) is 125 cm³/mol. The lowest BCUT2D eigenvalue weighted by atomic mass is 9.97. The highest BCUT2D eigenvalue weighted by Gasteiger charge is 2.17. The normalized spacial score (nSPS) is 14.2. The summed E-state index contributed by atoms with van der Waals surface area (Å²) in [6.45, 7) is 6.24. The summed E-state index contributed by atoms with van der Waals surface area (Å²) < 4.78 is 6.74. The van der Waals surface area contributed by atoms with Gasteiger partial charge in [0.1, 0.15) is 5.75 Å². The zero-order valence-electron chi connectivity index (χ0n) is 18.3. The number of rotatable bonds is 7. The minimum Gasteiger partial charge on any atom is -0.493 e. The summed E-state index contributed by atoms with van der Waals surface area (Å²) in [5, 5.41) is 10.1. The molecule has 0 saturated heterocycles. The highest BCUT2D eigenvalue weighted by Crippen LogP contribution is 2.25. The van der Waals surface area contributed by atoms with E-state index in [9.17, 15) is 14.7 Å². The van der Waals surface area contributed by atoms with Crippen LogP contribution in [0.3, 0.4) is 0 Å². The van der Waals surface area contributed by atoms with Crippen LogP contribution in [0.5, 0.6) is 11.6 Å². The van der Waals surface area contributed by atoms with Crippen LogP contribution in [0.4, 0.5) is 0 Å². The molecular weight excluding hydrogens is 410 g/mol. The molecular formula is C25H29NO4S. The van der Waals surface area contributed by atoms with Gasteiger partial charge in [-0.1, -0.05) is 59.8 Å². The van der Waals surface area contributed by atoms with Crippen LogP contribution in [0.15, 0.2) is 64.0 Å². The van der Waals surface area contributed by atoms with Crippen molar-refractivity contribution >= 4 is 17.2 Å². The monoisotopic (exact) mass is 439 g/mol. The standard InChI is InChI=1S/C25H29NO4S/c1-4-19-7-5-6-17(2)21(11-8-19)14-15-30-22-12-9-20(10-13-22)16-23-24(28)26(18(3)27)25(29)31-23/h7-13,28H,4-6,14-16H2,1-3H3. The molecule has 1 aliphatic rings. The van der Waals surface area contributed by atoms with Gasteiger partial charge in [0.05, 0.1) is 11.5 Å². The highest BCUT2D eigenvalue weighted by molar-refractivity contribution is 7.09. The Morgan fingerprint density at radius 1 is 1.23 bits per heavy atom. The molecule has 0 spiro atoms. The van der Waals surface area contributed by atoms with Crippen molar-refractivity contribution in [3.05, 3.63) is 79.3 Å². The second kappa shape index (κ2) is 10.4. The van der Waals surface area contributed by atoms with Crippen molar-refractivity contribution < 1.29 is 14.6 Å². The van der Waals surface area contributed by atoms with E-state index in [1.54, 1.807) is 0 Å². The van der Waals surface area contributed by atoms with Crippen molar-refractivity contribution in [2.45, 2.75) is 52.9 Å². The minimum atomic E-state index is -0.486. The third-order valence-corrected chi connectivity index (χ3v) is 6.41. The Labute approximate surface area is 187 Å². The van der Waals surface area contributed by atoms with E-state index < -0.39 is 10.8 Å². The van der Waals surface area contributed by atoms with E-state index in [0.717, 1.165) is 52.9 Å². The van der Waals surface area contributed by atoms with Crippen LogP contribution >= 0.6 is 11.3 Å². The number of ether oxygens (including phenoxy) is 1. The van der Waals surface area contributed by atoms with Gasteiger partial charge >= 0.3 is 4.87 Å². The molecule has 0 radical (unpaired) electrons. The van der Waals surface area contributed by atoms with Crippen LogP contribution in [0.2, 0.25) is 0 Å². The van der Waals surface area contributed by atoms with Crippen molar-refractivity contribution in [3.8, 4) is 11.6 Å². The molecule has 2 aromatic rings. The molecule has 1 aromatic heterocycles. The zero-order chi connectivity index (χ0) is 22.4. The predicted octanol–water partition coefficient (Wildman–Crippen LogP) is 5.64. The molecule has 31 heavy (non-hydrogen) atoms. The van der Waals surface area contributed by atoms with Crippen LogP contribution in [-0.4, -0.2) is 22.2 Å². The molecule has 1 heterocycles. The third kappa shape index (κ3) is 5.85. The van der Waals surface area contributed by atoms with E-state index in [4.69, 9.17) is 4.74 Å². The summed E-state index contributed by atoms with van der Waals surface area (Å²) in [6, 6.07) is 7.61. The number of thiazole rings is 1. The summed E-state index contributed by atoms with van der Waals surface area (Å²) in [5.74, 6) is 0.0321. The Morgan fingerprint density at radius 2 is 1.97 bits per heavy atom. The molecule has 0 bridgehead atoms. The van der Waals surface area contributed by atoms with E-state index in [1.165, 1.54) is 23.6 Å². The van der Waals surface area contributed by atoms with Gasteiger partial charge in [0.15, 0.2) is 0 Å². The first-order chi connectivity index (χ1) is 14.9. The average molecular weight is 440 g/mol. The number of carbonyl (C=O) groups excluding carboxylic acids is 1. The molecule has 0 fully saturated rings. The van der Waals surface area contributed by atoms with Gasteiger partial charge in [-0.25, -0.2) is 4.57 Å². The summed E-state index contributed by atoms with van der Waals surface area (Å²) in [4.78, 5) is 23.4. The largest absolute Gasteiger partial charge is 0.493 e. The van der Waals surface area contributed by atoms with Crippen LogP contribution in [0.25, 0.3) is 0 Å². The summed E-state index contributed by atoms with van der Waals surface area (Å²) in [5.41, 5.74) is 5.07. The lowest BCUT2D eigenvalue weighted by molar-refractivity contribution is 0.0924. The van der Waals surface area contributed by atoms with Gasteiger partial charge < -0.3 is 9.84 Å². The number of hydrogen-bond acceptors (Lipinski definition) is 5. The van der Waals surface area contributed by atoms with Crippen molar-refractivity contribution in [1.29, 1.82) is 0 Å². The fraction of sp³-hybridized carbons (Fsp3) is 0.360. The Morgan fingerprint density at radius 3 is 2.61 bits per heavy atom. The first-order valence-electron chi connectivity index (χ1n) is 10.6. The first kappa shape index (κ1) is 22.8. The maximum absolute atomic E-state index is 11.9. The van der Waals surface area contributed by atoms with E-state index in [1.807, 2.05) is 24.3 Å². The molecule has 5 nitrogen and oxygen atoms in total. The van der Waals surface area contributed by atoms with Gasteiger partial charge in [-0.3, -0.25) is 9.59 Å². The topological polar surface area (TPSA) is 68.5 Å². The maximum Gasteiger partial charge on any atom is 0.317 e. The smallest absolute Gasteiger partial charge is 0.317 e. The minimum absolute atomic E-state index is 0.264. The molecule has 0 unspecified atom stereocenters. The molecule has 0 aliphatic heterocycles. The number of aromatic nitrogens is 1. The van der Waals surface area contributed by atoms with Crippen LogP contribution in [0, 0.1) is 0 Å². The van der Waals surface area contributed by atoms with Crippen LogP contribution in [0.1, 0.15) is 61.7 Å². The van der Waals surface area contributed by atoms with Crippen LogP contribution in [-0.2, 0) is 6.42 Å². The van der Waals surface area contributed by atoms with Crippen molar-refractivity contribution in [3.63, 3.8) is 0 Å². The molecule has 6 heteroatoms. The maximum atomic E-state index is 11.9. The Kier molecular flexibility index (Phi) is 7.69. The Balaban J connectivity index is 1.58. The first-order valence-corrected chi connectivity index (χ1v) is 11.4. The van der Waals surface area contributed by atoms with E-state index in [0.29, 0.717) is 17.9 Å². The van der Waals surface area contributed by atoms with Crippen molar-refractivity contribution in [1.82, 2.24) is 4.57 Å². The van der Waals surface area contributed by atoms with Gasteiger partial charge in [-0.05, 0) is 49.5 Å². The number of hydrogen-bond donors (Lipinski definition) is 1.